The molecule has 0 bridgehead atoms. The first-order chi connectivity index (χ1) is 19.3. The molecule has 0 aliphatic carbocycles. The average molecular weight is 507 g/mol. The van der Waals surface area contributed by atoms with E-state index in [-0.39, 0.29) is 5.75 Å². The van der Waals surface area contributed by atoms with Crippen LogP contribution in [0.2, 0.25) is 0 Å². The summed E-state index contributed by atoms with van der Waals surface area (Å²) in [6.45, 7) is 0. The highest BCUT2D eigenvalue weighted by Crippen LogP contribution is 2.39. The summed E-state index contributed by atoms with van der Waals surface area (Å²) in [6.07, 6.45) is 1.79. The molecule has 0 fully saturated rings. The fourth-order valence-corrected chi connectivity index (χ4v) is 4.84. The van der Waals surface area contributed by atoms with E-state index in [4.69, 9.17) is 14.4 Å². The van der Waals surface area contributed by atoms with Crippen LogP contribution in [0.15, 0.2) is 132 Å². The van der Waals surface area contributed by atoms with Gasteiger partial charge >= 0.3 is 0 Å². The zero-order valence-corrected chi connectivity index (χ0v) is 20.8. The number of phenols is 1. The second kappa shape index (κ2) is 9.43. The lowest BCUT2D eigenvalue weighted by Crippen LogP contribution is -2.11. The number of phenolic OH excluding ortho intramolecular Hbond substituents is 1. The largest absolute Gasteiger partial charge is 0.507 e. The second-order valence-corrected chi connectivity index (χ2v) is 9.10. The standard InChI is InChI=1S/C33H22N4O2/c38-27-17-6-4-15-25(27)33-35-30(32-31(36-33)26-16-5-7-18-28(26)39-32)22-11-10-14-24(21-22)37(23-12-2-1-3-13-23)29-19-8-9-20-34-29/h1-21,38H. The monoisotopic (exact) mass is 506 g/mol. The number of fused-ring (bicyclic) bond motifs is 3. The molecule has 0 aliphatic rings. The third kappa shape index (κ3) is 4.04. The number of para-hydroxylation sites is 3. The van der Waals surface area contributed by atoms with Crippen molar-refractivity contribution in [1.82, 2.24) is 15.0 Å². The molecule has 7 rings (SSSR count). The molecule has 0 saturated heterocycles. The van der Waals surface area contributed by atoms with E-state index in [2.05, 4.69) is 28.1 Å². The van der Waals surface area contributed by atoms with Gasteiger partial charge in [-0.1, -0.05) is 60.7 Å². The van der Waals surface area contributed by atoms with Crippen molar-refractivity contribution in [2.75, 3.05) is 4.90 Å². The molecule has 7 aromatic rings. The lowest BCUT2D eigenvalue weighted by atomic mass is 10.1. The Morgan fingerprint density at radius 3 is 2.28 bits per heavy atom. The fraction of sp³-hybridized carbons (Fsp3) is 0. The van der Waals surface area contributed by atoms with Crippen molar-refractivity contribution >= 4 is 39.3 Å². The molecule has 3 aromatic heterocycles. The van der Waals surface area contributed by atoms with Crippen molar-refractivity contribution in [3.05, 3.63) is 128 Å². The van der Waals surface area contributed by atoms with Crippen molar-refractivity contribution in [3.63, 3.8) is 0 Å². The van der Waals surface area contributed by atoms with Crippen molar-refractivity contribution < 1.29 is 9.52 Å². The maximum Gasteiger partial charge on any atom is 0.180 e. The van der Waals surface area contributed by atoms with E-state index in [1.165, 1.54) is 0 Å². The van der Waals surface area contributed by atoms with Gasteiger partial charge in [0.15, 0.2) is 11.4 Å². The van der Waals surface area contributed by atoms with Crippen LogP contribution in [-0.2, 0) is 0 Å². The van der Waals surface area contributed by atoms with Crippen LogP contribution in [-0.4, -0.2) is 20.1 Å². The lowest BCUT2D eigenvalue weighted by molar-refractivity contribution is 0.477. The Morgan fingerprint density at radius 2 is 1.44 bits per heavy atom. The topological polar surface area (TPSA) is 75.3 Å². The Bertz CT molecular complexity index is 1900. The Hall–Kier alpha value is -5.49. The van der Waals surface area contributed by atoms with E-state index in [1.54, 1.807) is 18.3 Å². The molecule has 186 valence electrons. The number of aromatic hydroxyl groups is 1. The highest BCUT2D eigenvalue weighted by Gasteiger charge is 2.20. The second-order valence-electron chi connectivity index (χ2n) is 9.10. The van der Waals surface area contributed by atoms with Gasteiger partial charge in [0.2, 0.25) is 0 Å². The van der Waals surface area contributed by atoms with Gasteiger partial charge in [-0.25, -0.2) is 15.0 Å². The van der Waals surface area contributed by atoms with Crippen LogP contribution in [0, 0.1) is 0 Å². The van der Waals surface area contributed by atoms with E-state index in [0.717, 1.165) is 33.7 Å². The van der Waals surface area contributed by atoms with Gasteiger partial charge < -0.3 is 9.52 Å². The molecule has 0 aliphatic heterocycles. The number of hydrogen-bond acceptors (Lipinski definition) is 6. The molecule has 0 radical (unpaired) electrons. The number of benzene rings is 4. The van der Waals surface area contributed by atoms with Gasteiger partial charge in [0, 0.05) is 28.5 Å². The maximum atomic E-state index is 10.6. The molecule has 6 heteroatoms. The van der Waals surface area contributed by atoms with E-state index >= 15 is 0 Å². The van der Waals surface area contributed by atoms with Gasteiger partial charge in [0.25, 0.3) is 0 Å². The molecule has 6 nitrogen and oxygen atoms in total. The molecule has 0 saturated carbocycles. The number of pyridine rings is 1. The molecule has 0 amide bonds. The number of aromatic nitrogens is 3. The summed E-state index contributed by atoms with van der Waals surface area (Å²) in [5.74, 6) is 1.35. The zero-order chi connectivity index (χ0) is 26.2. The Labute approximate surface area is 224 Å². The molecule has 0 atom stereocenters. The van der Waals surface area contributed by atoms with Gasteiger partial charge in [0.05, 0.1) is 5.56 Å². The molecular weight excluding hydrogens is 484 g/mol. The van der Waals surface area contributed by atoms with E-state index in [1.807, 2.05) is 91.0 Å². The summed E-state index contributed by atoms with van der Waals surface area (Å²) in [7, 11) is 0. The number of furan rings is 1. The first-order valence-corrected chi connectivity index (χ1v) is 12.6. The highest BCUT2D eigenvalue weighted by atomic mass is 16.3. The van der Waals surface area contributed by atoms with E-state index < -0.39 is 0 Å². The van der Waals surface area contributed by atoms with E-state index in [0.29, 0.717) is 28.2 Å². The van der Waals surface area contributed by atoms with Crippen LogP contribution in [0.1, 0.15) is 0 Å². The zero-order valence-electron chi connectivity index (χ0n) is 20.8. The number of nitrogens with zero attached hydrogens (tertiary/aromatic N) is 4. The quantitative estimate of drug-likeness (QED) is 0.253. The van der Waals surface area contributed by atoms with Crippen LogP contribution in [0.4, 0.5) is 17.2 Å². The number of hydrogen-bond donors (Lipinski definition) is 1. The van der Waals surface area contributed by atoms with Gasteiger partial charge in [-0.3, -0.25) is 4.90 Å². The van der Waals surface area contributed by atoms with Crippen LogP contribution < -0.4 is 4.90 Å². The van der Waals surface area contributed by atoms with E-state index in [9.17, 15) is 5.11 Å². The summed E-state index contributed by atoms with van der Waals surface area (Å²) in [5, 5.41) is 11.5. The average Bonchev–Trinajstić information content (AvgIpc) is 3.37. The summed E-state index contributed by atoms with van der Waals surface area (Å²) >= 11 is 0. The minimum absolute atomic E-state index is 0.120. The minimum Gasteiger partial charge on any atom is -0.507 e. The van der Waals surface area contributed by atoms with Crippen molar-refractivity contribution in [2.24, 2.45) is 0 Å². The van der Waals surface area contributed by atoms with Crippen LogP contribution in [0.5, 0.6) is 5.75 Å². The van der Waals surface area contributed by atoms with Crippen LogP contribution >= 0.6 is 0 Å². The van der Waals surface area contributed by atoms with Gasteiger partial charge in [-0.05, 0) is 60.7 Å². The molecule has 1 N–H and O–H groups in total. The summed E-state index contributed by atoms with van der Waals surface area (Å²) in [5.41, 5.74) is 5.98. The third-order valence-electron chi connectivity index (χ3n) is 6.64. The number of rotatable bonds is 5. The molecule has 4 aromatic carbocycles. The normalized spacial score (nSPS) is 11.2. The van der Waals surface area contributed by atoms with Gasteiger partial charge in [0.1, 0.15) is 28.4 Å². The predicted molar refractivity (Wildman–Crippen MR) is 154 cm³/mol. The van der Waals surface area contributed by atoms with Gasteiger partial charge in [-0.15, -0.1) is 0 Å². The van der Waals surface area contributed by atoms with Gasteiger partial charge in [-0.2, -0.15) is 0 Å². The first-order valence-electron chi connectivity index (χ1n) is 12.6. The lowest BCUT2D eigenvalue weighted by Gasteiger charge is -2.24. The molecule has 0 spiro atoms. The van der Waals surface area contributed by atoms with Crippen molar-refractivity contribution in [3.8, 4) is 28.4 Å². The Morgan fingerprint density at radius 1 is 0.667 bits per heavy atom. The highest BCUT2D eigenvalue weighted by molar-refractivity contribution is 6.07. The predicted octanol–water partition coefficient (Wildman–Crippen LogP) is 8.28. The summed E-state index contributed by atoms with van der Waals surface area (Å²) < 4.78 is 6.32. The number of anilines is 3. The molecule has 3 heterocycles. The van der Waals surface area contributed by atoms with Crippen LogP contribution in [0.25, 0.3) is 44.7 Å². The van der Waals surface area contributed by atoms with Crippen molar-refractivity contribution in [2.45, 2.75) is 0 Å². The molecular formula is C33H22N4O2. The summed E-state index contributed by atoms with van der Waals surface area (Å²) in [6, 6.07) is 39.0. The summed E-state index contributed by atoms with van der Waals surface area (Å²) in [4.78, 5) is 16.5. The fourth-order valence-electron chi connectivity index (χ4n) is 4.84. The minimum atomic E-state index is 0.120. The SMILES string of the molecule is Oc1ccccc1-c1nc(-c2cccc(N(c3ccccc3)c3ccccn3)c2)c2oc3ccccc3c2n1. The van der Waals surface area contributed by atoms with Crippen LogP contribution in [0.3, 0.4) is 0 Å². The molecule has 39 heavy (non-hydrogen) atoms. The van der Waals surface area contributed by atoms with Crippen molar-refractivity contribution in [1.29, 1.82) is 0 Å². The Balaban J connectivity index is 1.47. The molecule has 0 unspecified atom stereocenters. The third-order valence-corrected chi connectivity index (χ3v) is 6.64. The smallest absolute Gasteiger partial charge is 0.180 e. The first kappa shape index (κ1) is 22.7. The maximum absolute atomic E-state index is 10.6. The Kier molecular flexibility index (Phi) is 5.49.